The van der Waals surface area contributed by atoms with Gasteiger partial charge in [0.1, 0.15) is 0 Å². The highest BCUT2D eigenvalue weighted by Gasteiger charge is 2.27. The maximum atomic E-state index is 14.1. The molecule has 0 saturated heterocycles. The molecule has 9 heteroatoms. The number of alkyl halides is 2. The quantitative estimate of drug-likeness (QED) is 0.302. The van der Waals surface area contributed by atoms with Crippen LogP contribution >= 0.6 is 11.6 Å². The average Bonchev–Trinajstić information content (AvgIpc) is 2.83. The minimum Gasteiger partial charge on any atom is -0.478 e. The molecule has 3 aromatic carbocycles. The standard InChI is InChI=1S/C27H24ClF2N3O3/c1-16-14-19(26(35)36)12-13-21(16)33-25(34)18-10-8-17(9-11-18)23(15-24(31-3)27(2,29)30)32-22-7-5-4-6-20(22)28/h4-15,31H,1-3H3,(H,33,34)(H,35,36). The number of amides is 1. The molecule has 0 radical (unpaired) electrons. The second-order valence-electron chi connectivity index (χ2n) is 8.01. The van der Waals surface area contributed by atoms with E-state index in [9.17, 15) is 18.4 Å². The van der Waals surface area contributed by atoms with E-state index in [1.807, 2.05) is 0 Å². The summed E-state index contributed by atoms with van der Waals surface area (Å²) in [6.45, 7) is 2.47. The van der Waals surface area contributed by atoms with Crippen molar-refractivity contribution in [1.29, 1.82) is 0 Å². The number of carbonyl (C=O) groups is 2. The zero-order valence-electron chi connectivity index (χ0n) is 19.8. The van der Waals surface area contributed by atoms with Gasteiger partial charge in [-0.2, -0.15) is 0 Å². The number of aliphatic imine (C=N–C) groups is 1. The molecular formula is C27H24ClF2N3O3. The summed E-state index contributed by atoms with van der Waals surface area (Å²) in [6, 6.07) is 17.5. The monoisotopic (exact) mass is 511 g/mol. The number of nitrogens with one attached hydrogen (secondary N) is 2. The number of aromatic carboxylic acids is 1. The molecular weight excluding hydrogens is 488 g/mol. The Labute approximate surface area is 212 Å². The number of hydrogen-bond acceptors (Lipinski definition) is 4. The second kappa shape index (κ2) is 11.1. The maximum Gasteiger partial charge on any atom is 0.335 e. The minimum absolute atomic E-state index is 0.117. The van der Waals surface area contributed by atoms with Crippen molar-refractivity contribution in [2.24, 2.45) is 4.99 Å². The fourth-order valence-electron chi connectivity index (χ4n) is 3.33. The molecule has 3 rings (SSSR count). The molecule has 0 aliphatic rings. The van der Waals surface area contributed by atoms with Crippen molar-refractivity contribution in [2.45, 2.75) is 19.8 Å². The lowest BCUT2D eigenvalue weighted by atomic mass is 10.0. The molecule has 0 heterocycles. The van der Waals surface area contributed by atoms with E-state index in [4.69, 9.17) is 16.7 Å². The Kier molecular flexibility index (Phi) is 8.22. The summed E-state index contributed by atoms with van der Waals surface area (Å²) in [6.07, 6.45) is 1.24. The van der Waals surface area contributed by atoms with Gasteiger partial charge in [0.2, 0.25) is 0 Å². The van der Waals surface area contributed by atoms with E-state index in [0.717, 1.165) is 6.92 Å². The number of carboxylic acids is 1. The zero-order chi connectivity index (χ0) is 26.5. The van der Waals surface area contributed by atoms with Crippen molar-refractivity contribution in [3.63, 3.8) is 0 Å². The molecule has 0 aliphatic heterocycles. The normalized spacial score (nSPS) is 12.3. The van der Waals surface area contributed by atoms with Crippen molar-refractivity contribution in [2.75, 3.05) is 12.4 Å². The number of nitrogens with zero attached hydrogens (tertiary/aromatic N) is 1. The minimum atomic E-state index is -3.14. The largest absolute Gasteiger partial charge is 0.478 e. The van der Waals surface area contributed by atoms with Gasteiger partial charge < -0.3 is 15.7 Å². The Hall–Kier alpha value is -4.04. The molecule has 0 aliphatic carbocycles. The number of carboxylic acid groups (broad SMARTS) is 1. The van der Waals surface area contributed by atoms with Crippen LogP contribution in [0.15, 0.2) is 83.5 Å². The second-order valence-corrected chi connectivity index (χ2v) is 8.42. The molecule has 0 atom stereocenters. The predicted octanol–water partition coefficient (Wildman–Crippen LogP) is 6.48. The molecule has 3 N–H and O–H groups in total. The summed E-state index contributed by atoms with van der Waals surface area (Å²) < 4.78 is 28.1. The molecule has 0 unspecified atom stereocenters. The number of hydrogen-bond donors (Lipinski definition) is 3. The Morgan fingerprint density at radius 3 is 2.17 bits per heavy atom. The third-order valence-electron chi connectivity index (χ3n) is 5.28. The number of allylic oxidation sites excluding steroid dienone is 2. The van der Waals surface area contributed by atoms with Crippen LogP contribution < -0.4 is 10.6 Å². The number of halogens is 3. The fraction of sp³-hybridized carbons (Fsp3) is 0.148. The van der Waals surface area contributed by atoms with E-state index in [1.54, 1.807) is 55.5 Å². The molecule has 1 amide bonds. The average molecular weight is 512 g/mol. The maximum absolute atomic E-state index is 14.1. The summed E-state index contributed by atoms with van der Waals surface area (Å²) in [4.78, 5) is 28.4. The fourth-order valence-corrected chi connectivity index (χ4v) is 3.51. The topological polar surface area (TPSA) is 90.8 Å². The van der Waals surface area contributed by atoms with Crippen molar-refractivity contribution in [1.82, 2.24) is 5.32 Å². The summed E-state index contributed by atoms with van der Waals surface area (Å²) >= 11 is 6.22. The molecule has 0 spiro atoms. The predicted molar refractivity (Wildman–Crippen MR) is 138 cm³/mol. The first-order chi connectivity index (χ1) is 17.0. The molecule has 0 aromatic heterocycles. The van der Waals surface area contributed by atoms with Gasteiger partial charge in [-0.25, -0.2) is 18.6 Å². The van der Waals surface area contributed by atoms with Crippen LogP contribution in [0.4, 0.5) is 20.2 Å². The number of benzene rings is 3. The highest BCUT2D eigenvalue weighted by Crippen LogP contribution is 2.27. The van der Waals surface area contributed by atoms with Crippen molar-refractivity contribution >= 4 is 40.6 Å². The van der Waals surface area contributed by atoms with Gasteiger partial charge in [0.25, 0.3) is 11.8 Å². The molecule has 6 nitrogen and oxygen atoms in total. The van der Waals surface area contributed by atoms with E-state index in [0.29, 0.717) is 33.1 Å². The number of anilines is 1. The molecule has 0 saturated carbocycles. The van der Waals surface area contributed by atoms with E-state index in [1.165, 1.54) is 31.3 Å². The number of rotatable bonds is 8. The van der Waals surface area contributed by atoms with E-state index >= 15 is 0 Å². The first-order valence-electron chi connectivity index (χ1n) is 10.9. The van der Waals surface area contributed by atoms with Gasteiger partial charge in [0.05, 0.1) is 27.7 Å². The van der Waals surface area contributed by atoms with Crippen LogP contribution in [0.3, 0.4) is 0 Å². The van der Waals surface area contributed by atoms with Crippen LogP contribution in [0.1, 0.15) is 38.8 Å². The van der Waals surface area contributed by atoms with Crippen molar-refractivity contribution < 1.29 is 23.5 Å². The van der Waals surface area contributed by atoms with Crippen LogP contribution in [0, 0.1) is 6.92 Å². The molecule has 0 fully saturated rings. The highest BCUT2D eigenvalue weighted by molar-refractivity contribution is 6.33. The van der Waals surface area contributed by atoms with E-state index in [2.05, 4.69) is 15.6 Å². The third kappa shape index (κ3) is 6.55. The van der Waals surface area contributed by atoms with Gasteiger partial charge in [-0.1, -0.05) is 35.9 Å². The molecule has 3 aromatic rings. The Balaban J connectivity index is 1.94. The zero-order valence-corrected chi connectivity index (χ0v) is 20.5. The van der Waals surface area contributed by atoms with Crippen LogP contribution in [-0.2, 0) is 0 Å². The number of carbonyl (C=O) groups excluding carboxylic acids is 1. The van der Waals surface area contributed by atoms with Crippen LogP contribution in [0.2, 0.25) is 5.02 Å². The third-order valence-corrected chi connectivity index (χ3v) is 5.60. The van der Waals surface area contributed by atoms with Gasteiger partial charge >= 0.3 is 5.97 Å². The van der Waals surface area contributed by atoms with Gasteiger partial charge in [0.15, 0.2) is 0 Å². The summed E-state index contributed by atoms with van der Waals surface area (Å²) in [5.41, 5.74) is 2.29. The summed E-state index contributed by atoms with van der Waals surface area (Å²) in [7, 11) is 1.40. The Bertz CT molecular complexity index is 1350. The van der Waals surface area contributed by atoms with Crippen molar-refractivity contribution in [3.8, 4) is 0 Å². The number of para-hydroxylation sites is 1. The molecule has 36 heavy (non-hydrogen) atoms. The van der Waals surface area contributed by atoms with Gasteiger partial charge in [0, 0.05) is 30.8 Å². The van der Waals surface area contributed by atoms with E-state index < -0.39 is 17.8 Å². The molecule has 186 valence electrons. The lowest BCUT2D eigenvalue weighted by molar-refractivity contribution is 0.0570. The summed E-state index contributed by atoms with van der Waals surface area (Å²) in [5, 5.41) is 14.7. The highest BCUT2D eigenvalue weighted by atomic mass is 35.5. The first-order valence-corrected chi connectivity index (χ1v) is 11.2. The smallest absolute Gasteiger partial charge is 0.335 e. The van der Waals surface area contributed by atoms with Crippen LogP contribution in [0.25, 0.3) is 0 Å². The molecule has 0 bridgehead atoms. The Morgan fingerprint density at radius 2 is 1.61 bits per heavy atom. The van der Waals surface area contributed by atoms with Crippen LogP contribution in [0.5, 0.6) is 0 Å². The lowest BCUT2D eigenvalue weighted by Gasteiger charge is -2.16. The number of aryl methyl sites for hydroxylation is 1. The van der Waals surface area contributed by atoms with Crippen molar-refractivity contribution in [3.05, 3.63) is 106 Å². The lowest BCUT2D eigenvalue weighted by Crippen LogP contribution is -2.25. The summed E-state index contributed by atoms with van der Waals surface area (Å²) in [5.74, 6) is -4.61. The Morgan fingerprint density at radius 1 is 1.00 bits per heavy atom. The SMILES string of the molecule is CNC(=CC(=Nc1ccccc1Cl)c1ccc(C(=O)Nc2ccc(C(=O)O)cc2C)cc1)C(C)(F)F. The van der Waals surface area contributed by atoms with E-state index in [-0.39, 0.29) is 17.0 Å². The van der Waals surface area contributed by atoms with Gasteiger partial charge in [-0.3, -0.25) is 4.79 Å². The van der Waals surface area contributed by atoms with Gasteiger partial charge in [-0.05, 0) is 61.0 Å². The van der Waals surface area contributed by atoms with Gasteiger partial charge in [-0.15, -0.1) is 0 Å². The van der Waals surface area contributed by atoms with Crippen LogP contribution in [-0.4, -0.2) is 35.7 Å². The first kappa shape index (κ1) is 26.6.